The number of amides is 1. The van der Waals surface area contributed by atoms with Crippen LogP contribution in [-0.2, 0) is 13.9 Å². The Hall–Kier alpha value is -1.07. The summed E-state index contributed by atoms with van der Waals surface area (Å²) in [7, 11) is -3.52. The number of hydrogen-bond donors (Lipinski definition) is 1. The second-order valence-corrected chi connectivity index (χ2v) is 7.06. The van der Waals surface area contributed by atoms with E-state index >= 15 is 0 Å². The van der Waals surface area contributed by atoms with Crippen LogP contribution in [0, 0.1) is 5.92 Å². The molecule has 1 rings (SSSR count). The molecule has 114 valence electrons. The van der Waals surface area contributed by atoms with Gasteiger partial charge in [-0.1, -0.05) is 12.0 Å². The van der Waals surface area contributed by atoms with Gasteiger partial charge >= 0.3 is 7.60 Å². The van der Waals surface area contributed by atoms with Crippen molar-refractivity contribution in [2.45, 2.75) is 32.2 Å². The number of rotatable bonds is 7. The summed E-state index contributed by atoms with van der Waals surface area (Å²) in [5, 5.41) is 3.39. The van der Waals surface area contributed by atoms with Gasteiger partial charge in [-0.05, 0) is 24.3 Å². The first kappa shape index (κ1) is 17.0. The smallest absolute Gasteiger partial charge is 0.325 e. The van der Waals surface area contributed by atoms with Gasteiger partial charge < -0.3 is 14.3 Å². The van der Waals surface area contributed by atoms with Crippen molar-refractivity contribution in [3.05, 3.63) is 10.4 Å². The van der Waals surface area contributed by atoms with Crippen molar-refractivity contribution < 1.29 is 18.8 Å². The molecule has 1 fully saturated rings. The van der Waals surface area contributed by atoms with Crippen molar-refractivity contribution in [3.8, 4) is 0 Å². The Morgan fingerprint density at radius 1 is 1.65 bits per heavy atom. The van der Waals surface area contributed by atoms with Crippen LogP contribution in [0.1, 0.15) is 26.2 Å². The van der Waals surface area contributed by atoms with Crippen molar-refractivity contribution >= 4 is 13.5 Å². The van der Waals surface area contributed by atoms with E-state index in [2.05, 4.69) is 10.0 Å². The number of carbonyl (C=O) groups excluding carboxylic acids is 1. The number of hydrogen-bond acceptors (Lipinski definition) is 4. The fraction of sp³-hybridized carbons (Fsp3) is 0.909. The van der Waals surface area contributed by atoms with Crippen LogP contribution >= 0.6 is 7.60 Å². The van der Waals surface area contributed by atoms with Gasteiger partial charge in [0.2, 0.25) is 5.91 Å². The lowest BCUT2D eigenvalue weighted by molar-refractivity contribution is -0.132. The molecule has 1 heterocycles. The zero-order valence-corrected chi connectivity index (χ0v) is 12.7. The minimum absolute atomic E-state index is 0.0278. The highest BCUT2D eigenvalue weighted by molar-refractivity contribution is 7.51. The number of carbonyl (C=O) groups is 1. The number of likely N-dealkylation sites (tertiary alicyclic amines) is 1. The Morgan fingerprint density at radius 3 is 2.95 bits per heavy atom. The Bertz CT molecular complexity index is 432. The van der Waals surface area contributed by atoms with Gasteiger partial charge in [-0.2, -0.15) is 0 Å². The van der Waals surface area contributed by atoms with Gasteiger partial charge in [0.1, 0.15) is 0 Å². The molecular formula is C11H21N4O4P. The summed E-state index contributed by atoms with van der Waals surface area (Å²) in [4.78, 5) is 25.6. The molecule has 20 heavy (non-hydrogen) atoms. The Kier molecular flexibility index (Phi) is 6.49. The van der Waals surface area contributed by atoms with Gasteiger partial charge in [0, 0.05) is 31.1 Å². The minimum atomic E-state index is -3.52. The lowest BCUT2D eigenvalue weighted by atomic mass is 10.1. The molecule has 3 atom stereocenters. The van der Waals surface area contributed by atoms with Crippen LogP contribution in [0.15, 0.2) is 5.11 Å². The third-order valence-electron chi connectivity index (χ3n) is 3.16. The van der Waals surface area contributed by atoms with Gasteiger partial charge in [0.25, 0.3) is 0 Å². The molecule has 0 aliphatic carbocycles. The summed E-state index contributed by atoms with van der Waals surface area (Å²) in [5.41, 5.74) is 8.16. The first-order valence-electron chi connectivity index (χ1n) is 6.58. The zero-order chi connectivity index (χ0) is 15.2. The van der Waals surface area contributed by atoms with E-state index < -0.39 is 7.60 Å². The SMILES string of the molecule is CC1CC(COP(C)(=O)O)N(C(=O)CCCN=[N+]=[N-])C1. The Balaban J connectivity index is 2.49. The van der Waals surface area contributed by atoms with E-state index in [1.54, 1.807) is 4.90 Å². The van der Waals surface area contributed by atoms with Gasteiger partial charge in [0.05, 0.1) is 12.6 Å². The largest absolute Gasteiger partial charge is 0.337 e. The monoisotopic (exact) mass is 304 g/mol. The average Bonchev–Trinajstić information content (AvgIpc) is 2.72. The van der Waals surface area contributed by atoms with Crippen molar-refractivity contribution in [1.29, 1.82) is 0 Å². The second-order valence-electron chi connectivity index (χ2n) is 5.20. The molecule has 0 aromatic carbocycles. The van der Waals surface area contributed by atoms with Crippen LogP contribution in [0.5, 0.6) is 0 Å². The molecule has 3 unspecified atom stereocenters. The molecule has 0 radical (unpaired) electrons. The molecule has 0 saturated carbocycles. The molecule has 0 spiro atoms. The summed E-state index contributed by atoms with van der Waals surface area (Å²) < 4.78 is 16.1. The molecule has 1 aliphatic heterocycles. The standard InChI is InChI=1S/C11H21N4O4P/c1-9-6-10(8-19-20(2,17)18)15(7-9)11(16)4-3-5-13-14-12/h9-10H,3-8H2,1-2H3,(H,17,18). The molecule has 1 N–H and O–H groups in total. The maximum absolute atomic E-state index is 12.1. The van der Waals surface area contributed by atoms with Crippen LogP contribution in [0.4, 0.5) is 0 Å². The molecule has 1 amide bonds. The van der Waals surface area contributed by atoms with Crippen molar-refractivity contribution in [1.82, 2.24) is 4.90 Å². The van der Waals surface area contributed by atoms with E-state index in [-0.39, 0.29) is 18.6 Å². The van der Waals surface area contributed by atoms with Crippen LogP contribution in [0.2, 0.25) is 0 Å². The van der Waals surface area contributed by atoms with Gasteiger partial charge in [-0.15, -0.1) is 0 Å². The predicted octanol–water partition coefficient (Wildman–Crippen LogP) is 2.15. The molecular weight excluding hydrogens is 283 g/mol. The molecule has 8 nitrogen and oxygen atoms in total. The third kappa shape index (κ3) is 5.92. The van der Waals surface area contributed by atoms with E-state index in [1.165, 1.54) is 0 Å². The average molecular weight is 304 g/mol. The van der Waals surface area contributed by atoms with Crippen LogP contribution in [0.25, 0.3) is 10.4 Å². The third-order valence-corrected chi connectivity index (χ3v) is 3.79. The number of nitrogens with zero attached hydrogens (tertiary/aromatic N) is 4. The number of azide groups is 1. The maximum atomic E-state index is 12.1. The normalized spacial score (nSPS) is 25.1. The van der Waals surface area contributed by atoms with Gasteiger partial charge in [-0.25, -0.2) is 0 Å². The lowest BCUT2D eigenvalue weighted by Gasteiger charge is -2.25. The van der Waals surface area contributed by atoms with E-state index in [9.17, 15) is 9.36 Å². The molecule has 0 bridgehead atoms. The summed E-state index contributed by atoms with van der Waals surface area (Å²) in [5.74, 6) is 0.319. The minimum Gasteiger partial charge on any atom is -0.337 e. The van der Waals surface area contributed by atoms with E-state index in [0.29, 0.717) is 31.8 Å². The van der Waals surface area contributed by atoms with Crippen LogP contribution < -0.4 is 0 Å². The summed E-state index contributed by atoms with van der Waals surface area (Å²) >= 11 is 0. The molecule has 1 aliphatic rings. The van der Waals surface area contributed by atoms with Gasteiger partial charge in [0.15, 0.2) is 0 Å². The fourth-order valence-corrected chi connectivity index (χ4v) is 2.78. The first-order chi connectivity index (χ1) is 9.33. The Morgan fingerprint density at radius 2 is 2.35 bits per heavy atom. The second kappa shape index (κ2) is 7.64. The maximum Gasteiger partial charge on any atom is 0.325 e. The van der Waals surface area contributed by atoms with E-state index in [1.807, 2.05) is 6.92 Å². The van der Waals surface area contributed by atoms with Crippen LogP contribution in [0.3, 0.4) is 0 Å². The molecule has 0 aromatic heterocycles. The lowest BCUT2D eigenvalue weighted by Crippen LogP contribution is -2.38. The van der Waals surface area contributed by atoms with Crippen molar-refractivity contribution in [3.63, 3.8) is 0 Å². The summed E-state index contributed by atoms with van der Waals surface area (Å²) in [6.07, 6.45) is 1.58. The molecule has 0 aromatic rings. The molecule has 1 saturated heterocycles. The van der Waals surface area contributed by atoms with Crippen molar-refractivity contribution in [2.24, 2.45) is 11.0 Å². The first-order valence-corrected chi connectivity index (χ1v) is 8.61. The topological polar surface area (TPSA) is 116 Å². The van der Waals surface area contributed by atoms with Gasteiger partial charge in [-0.3, -0.25) is 9.36 Å². The van der Waals surface area contributed by atoms with E-state index in [4.69, 9.17) is 14.9 Å². The highest BCUT2D eigenvalue weighted by Gasteiger charge is 2.33. The fourth-order valence-electron chi connectivity index (χ4n) is 2.33. The highest BCUT2D eigenvalue weighted by atomic mass is 31.2. The zero-order valence-electron chi connectivity index (χ0n) is 11.8. The molecule has 9 heteroatoms. The highest BCUT2D eigenvalue weighted by Crippen LogP contribution is 2.38. The summed E-state index contributed by atoms with van der Waals surface area (Å²) in [6, 6.07) is -0.155. The predicted molar refractivity (Wildman–Crippen MR) is 74.2 cm³/mol. The summed E-state index contributed by atoms with van der Waals surface area (Å²) in [6.45, 7) is 4.18. The van der Waals surface area contributed by atoms with E-state index in [0.717, 1.165) is 13.1 Å². The van der Waals surface area contributed by atoms with Crippen LogP contribution in [-0.4, -0.2) is 48.1 Å². The van der Waals surface area contributed by atoms with Crippen molar-refractivity contribution in [2.75, 3.05) is 26.4 Å². The Labute approximate surface area is 118 Å². The quantitative estimate of drug-likeness (QED) is 0.255.